The van der Waals surface area contributed by atoms with E-state index in [2.05, 4.69) is 10.6 Å². The lowest BCUT2D eigenvalue weighted by Gasteiger charge is -2.09. The number of benzene rings is 2. The second-order valence-corrected chi connectivity index (χ2v) is 4.82. The molecular weight excluding hydrogens is 282 g/mol. The standard InChI is InChI=1S/C16H15N3O3/c1-2-17-15(20)18-12-8-5-7-11-10-6-3-4-9-13(10)19(14(11)12)16(21)22/h3-9H,2H2,1H3,(H,21,22)(H2,17,18,20). The second kappa shape index (κ2) is 5.40. The van der Waals surface area contributed by atoms with E-state index >= 15 is 0 Å². The van der Waals surface area contributed by atoms with E-state index in [0.29, 0.717) is 23.3 Å². The van der Waals surface area contributed by atoms with Crippen molar-refractivity contribution < 1.29 is 14.7 Å². The van der Waals surface area contributed by atoms with Crippen LogP contribution in [-0.2, 0) is 0 Å². The molecule has 6 heteroatoms. The van der Waals surface area contributed by atoms with Gasteiger partial charge >= 0.3 is 12.1 Å². The SMILES string of the molecule is CCNC(=O)Nc1cccc2c3ccccc3n(C(=O)O)c12. The molecule has 1 aromatic heterocycles. The molecule has 0 aliphatic heterocycles. The molecule has 3 rings (SSSR count). The maximum absolute atomic E-state index is 11.8. The smallest absolute Gasteiger partial charge is 0.416 e. The fourth-order valence-corrected chi connectivity index (χ4v) is 2.65. The number of rotatable bonds is 2. The normalized spacial score (nSPS) is 10.8. The molecule has 0 bridgehead atoms. The first-order valence-electron chi connectivity index (χ1n) is 6.93. The molecule has 0 spiro atoms. The minimum Gasteiger partial charge on any atom is -0.464 e. The van der Waals surface area contributed by atoms with E-state index in [1.165, 1.54) is 4.57 Å². The third kappa shape index (κ3) is 2.14. The number of carbonyl (C=O) groups excluding carboxylic acids is 1. The molecule has 6 nitrogen and oxygen atoms in total. The van der Waals surface area contributed by atoms with Crippen molar-refractivity contribution in [3.8, 4) is 0 Å². The summed E-state index contributed by atoms with van der Waals surface area (Å²) in [5, 5.41) is 16.5. The van der Waals surface area contributed by atoms with Crippen molar-refractivity contribution in [1.82, 2.24) is 9.88 Å². The highest BCUT2D eigenvalue weighted by Crippen LogP contribution is 2.33. The third-order valence-electron chi connectivity index (χ3n) is 3.47. The summed E-state index contributed by atoms with van der Waals surface area (Å²) in [6, 6.07) is 12.2. The Morgan fingerprint density at radius 3 is 2.55 bits per heavy atom. The summed E-state index contributed by atoms with van der Waals surface area (Å²) in [5.74, 6) is 0. The van der Waals surface area contributed by atoms with Gasteiger partial charge in [-0.25, -0.2) is 14.2 Å². The van der Waals surface area contributed by atoms with Crippen molar-refractivity contribution in [1.29, 1.82) is 0 Å². The molecule has 0 atom stereocenters. The molecule has 22 heavy (non-hydrogen) atoms. The average molecular weight is 297 g/mol. The van der Waals surface area contributed by atoms with E-state index in [4.69, 9.17) is 0 Å². The highest BCUT2D eigenvalue weighted by Gasteiger charge is 2.18. The topological polar surface area (TPSA) is 83.4 Å². The molecule has 0 saturated heterocycles. The molecule has 3 N–H and O–H groups in total. The molecular formula is C16H15N3O3. The number of anilines is 1. The van der Waals surface area contributed by atoms with Crippen LogP contribution in [0.15, 0.2) is 42.5 Å². The molecule has 1 heterocycles. The molecule has 3 aromatic rings. The number of aromatic nitrogens is 1. The zero-order chi connectivity index (χ0) is 15.7. The van der Waals surface area contributed by atoms with Crippen molar-refractivity contribution in [2.45, 2.75) is 6.92 Å². The van der Waals surface area contributed by atoms with Gasteiger partial charge in [-0.1, -0.05) is 30.3 Å². The molecule has 2 aromatic carbocycles. The first-order chi connectivity index (χ1) is 10.6. The average Bonchev–Trinajstić information content (AvgIpc) is 2.83. The van der Waals surface area contributed by atoms with Gasteiger partial charge in [-0.05, 0) is 19.1 Å². The zero-order valence-corrected chi connectivity index (χ0v) is 12.0. The molecule has 0 aliphatic carbocycles. The molecule has 112 valence electrons. The van der Waals surface area contributed by atoms with Crippen LogP contribution in [-0.4, -0.2) is 28.3 Å². The van der Waals surface area contributed by atoms with Gasteiger partial charge in [0.2, 0.25) is 0 Å². The minimum atomic E-state index is -1.09. The van der Waals surface area contributed by atoms with Crippen molar-refractivity contribution in [3.05, 3.63) is 42.5 Å². The van der Waals surface area contributed by atoms with Crippen LogP contribution in [0.25, 0.3) is 21.8 Å². The van der Waals surface area contributed by atoms with Crippen molar-refractivity contribution >= 4 is 39.6 Å². The summed E-state index contributed by atoms with van der Waals surface area (Å²) in [6.45, 7) is 2.30. The van der Waals surface area contributed by atoms with E-state index in [1.54, 1.807) is 24.3 Å². The van der Waals surface area contributed by atoms with Gasteiger partial charge in [-0.15, -0.1) is 0 Å². The Morgan fingerprint density at radius 2 is 1.82 bits per heavy atom. The van der Waals surface area contributed by atoms with Crippen LogP contribution in [0, 0.1) is 0 Å². The van der Waals surface area contributed by atoms with Gasteiger partial charge in [-0.3, -0.25) is 0 Å². The summed E-state index contributed by atoms with van der Waals surface area (Å²) < 4.78 is 1.20. The molecule has 0 fully saturated rings. The van der Waals surface area contributed by atoms with Gasteiger partial charge in [-0.2, -0.15) is 0 Å². The highest BCUT2D eigenvalue weighted by molar-refractivity contribution is 6.17. The maximum atomic E-state index is 11.8. The van der Waals surface area contributed by atoms with Crippen LogP contribution in [0.4, 0.5) is 15.3 Å². The lowest BCUT2D eigenvalue weighted by atomic mass is 10.1. The number of urea groups is 1. The third-order valence-corrected chi connectivity index (χ3v) is 3.47. The second-order valence-electron chi connectivity index (χ2n) is 4.82. The summed E-state index contributed by atoms with van der Waals surface area (Å²) >= 11 is 0. The van der Waals surface area contributed by atoms with E-state index in [0.717, 1.165) is 10.8 Å². The number of para-hydroxylation sites is 2. The van der Waals surface area contributed by atoms with Crippen molar-refractivity contribution in [2.24, 2.45) is 0 Å². The van der Waals surface area contributed by atoms with Gasteiger partial charge in [0.25, 0.3) is 0 Å². The van der Waals surface area contributed by atoms with Crippen LogP contribution < -0.4 is 10.6 Å². The Kier molecular flexibility index (Phi) is 3.42. The quantitative estimate of drug-likeness (QED) is 0.677. The molecule has 0 unspecified atom stereocenters. The predicted molar refractivity (Wildman–Crippen MR) is 85.6 cm³/mol. The van der Waals surface area contributed by atoms with Crippen LogP contribution in [0.5, 0.6) is 0 Å². The van der Waals surface area contributed by atoms with Crippen LogP contribution in [0.3, 0.4) is 0 Å². The summed E-state index contributed by atoms with van der Waals surface area (Å²) in [7, 11) is 0. The maximum Gasteiger partial charge on any atom is 0.416 e. The van der Waals surface area contributed by atoms with Gasteiger partial charge in [0.05, 0.1) is 16.7 Å². The van der Waals surface area contributed by atoms with Gasteiger partial charge in [0.1, 0.15) is 0 Å². The Balaban J connectivity index is 2.31. The Bertz CT molecular complexity index is 883. The van der Waals surface area contributed by atoms with Gasteiger partial charge in [0.15, 0.2) is 0 Å². The monoisotopic (exact) mass is 297 g/mol. The zero-order valence-electron chi connectivity index (χ0n) is 12.0. The molecule has 0 radical (unpaired) electrons. The number of carbonyl (C=O) groups is 2. The molecule has 0 aliphatic rings. The van der Waals surface area contributed by atoms with E-state index in [1.807, 2.05) is 25.1 Å². The summed E-state index contributed by atoms with van der Waals surface area (Å²) in [6.07, 6.45) is -1.09. The number of amides is 2. The minimum absolute atomic E-state index is 0.364. The number of hydrogen-bond donors (Lipinski definition) is 3. The number of fused-ring (bicyclic) bond motifs is 3. The van der Waals surface area contributed by atoms with Crippen molar-refractivity contribution in [3.63, 3.8) is 0 Å². The Morgan fingerprint density at radius 1 is 1.09 bits per heavy atom. The lowest BCUT2D eigenvalue weighted by Crippen LogP contribution is -2.28. The van der Waals surface area contributed by atoms with Crippen LogP contribution >= 0.6 is 0 Å². The fraction of sp³-hybridized carbons (Fsp3) is 0.125. The first-order valence-corrected chi connectivity index (χ1v) is 6.93. The fourth-order valence-electron chi connectivity index (χ4n) is 2.65. The Labute approximate surface area is 126 Å². The van der Waals surface area contributed by atoms with Gasteiger partial charge < -0.3 is 15.7 Å². The molecule has 2 amide bonds. The van der Waals surface area contributed by atoms with E-state index in [-0.39, 0.29) is 6.03 Å². The summed E-state index contributed by atoms with van der Waals surface area (Å²) in [4.78, 5) is 23.5. The largest absolute Gasteiger partial charge is 0.464 e. The summed E-state index contributed by atoms with van der Waals surface area (Å²) in [5.41, 5.74) is 1.53. The van der Waals surface area contributed by atoms with Crippen LogP contribution in [0.1, 0.15) is 6.92 Å². The first kappa shape index (κ1) is 13.9. The predicted octanol–water partition coefficient (Wildman–Crippen LogP) is 3.46. The number of carboxylic acid groups (broad SMARTS) is 1. The molecule has 0 saturated carbocycles. The lowest BCUT2D eigenvalue weighted by molar-refractivity contribution is 0.198. The van der Waals surface area contributed by atoms with Gasteiger partial charge in [0, 0.05) is 17.3 Å². The Hall–Kier alpha value is -3.02. The highest BCUT2D eigenvalue weighted by atomic mass is 16.4. The number of nitrogens with one attached hydrogen (secondary N) is 2. The number of nitrogens with zero attached hydrogens (tertiary/aromatic N) is 1. The van der Waals surface area contributed by atoms with Crippen LogP contribution in [0.2, 0.25) is 0 Å². The van der Waals surface area contributed by atoms with Crippen molar-refractivity contribution in [2.75, 3.05) is 11.9 Å². The number of hydrogen-bond acceptors (Lipinski definition) is 2. The van der Waals surface area contributed by atoms with E-state index < -0.39 is 6.09 Å². The van der Waals surface area contributed by atoms with E-state index in [9.17, 15) is 14.7 Å².